The van der Waals surface area contributed by atoms with Gasteiger partial charge in [-0.1, -0.05) is 34.1 Å². The van der Waals surface area contributed by atoms with Crippen molar-refractivity contribution >= 4 is 0 Å². The summed E-state index contributed by atoms with van der Waals surface area (Å²) < 4.78 is 1.89. The van der Waals surface area contributed by atoms with E-state index in [1.165, 1.54) is 0 Å². The molecule has 0 spiro atoms. The Morgan fingerprint density at radius 1 is 1.38 bits per heavy atom. The van der Waals surface area contributed by atoms with E-state index >= 15 is 0 Å². The zero-order valence-corrected chi connectivity index (χ0v) is 11.1. The van der Waals surface area contributed by atoms with Crippen LogP contribution < -0.4 is 5.73 Å². The molecule has 1 heterocycles. The molecule has 0 amide bonds. The lowest BCUT2D eigenvalue weighted by atomic mass is 9.96. The van der Waals surface area contributed by atoms with Crippen LogP contribution in [-0.4, -0.2) is 21.3 Å². The number of aromatic nitrogens is 3. The summed E-state index contributed by atoms with van der Waals surface area (Å²) in [5, 5.41) is 4.47. The van der Waals surface area contributed by atoms with Gasteiger partial charge in [-0.3, -0.25) is 4.68 Å². The van der Waals surface area contributed by atoms with E-state index in [0.29, 0.717) is 12.5 Å². The van der Waals surface area contributed by atoms with E-state index in [-0.39, 0.29) is 5.41 Å². The first kappa shape index (κ1) is 13.2. The molecule has 1 aromatic rings. The van der Waals surface area contributed by atoms with Crippen LogP contribution in [0.15, 0.2) is 0 Å². The lowest BCUT2D eigenvalue weighted by molar-refractivity contribution is 0.492. The number of hydrogen-bond donors (Lipinski definition) is 1. The highest BCUT2D eigenvalue weighted by Gasteiger charge is 2.21. The zero-order chi connectivity index (χ0) is 12.3. The van der Waals surface area contributed by atoms with Crippen molar-refractivity contribution in [1.82, 2.24) is 14.8 Å². The highest BCUT2D eigenvalue weighted by Crippen LogP contribution is 2.19. The molecule has 0 saturated heterocycles. The molecule has 0 fully saturated rings. The van der Waals surface area contributed by atoms with E-state index in [1.807, 2.05) is 11.7 Å². The van der Waals surface area contributed by atoms with E-state index in [2.05, 4.69) is 37.8 Å². The Kier molecular flexibility index (Phi) is 4.08. The third-order valence-corrected chi connectivity index (χ3v) is 2.91. The Morgan fingerprint density at radius 3 is 2.38 bits per heavy atom. The molecule has 16 heavy (non-hydrogen) atoms. The quantitative estimate of drug-likeness (QED) is 0.846. The Labute approximate surface area is 98.2 Å². The number of rotatable bonds is 4. The van der Waals surface area contributed by atoms with Gasteiger partial charge in [-0.15, -0.1) is 0 Å². The summed E-state index contributed by atoms with van der Waals surface area (Å²) >= 11 is 0. The number of aryl methyl sites for hydroxylation is 1. The molecular weight excluding hydrogens is 200 g/mol. The SMILES string of the molecule is CCC(CN)Cc1nc(C(C)(C)C)nn1C. The van der Waals surface area contributed by atoms with E-state index in [4.69, 9.17) is 5.73 Å². The molecule has 2 N–H and O–H groups in total. The van der Waals surface area contributed by atoms with Crippen molar-refractivity contribution < 1.29 is 0 Å². The van der Waals surface area contributed by atoms with E-state index in [9.17, 15) is 0 Å². The fourth-order valence-electron chi connectivity index (χ4n) is 1.56. The number of nitrogens with two attached hydrogens (primary N) is 1. The third-order valence-electron chi connectivity index (χ3n) is 2.91. The van der Waals surface area contributed by atoms with Crippen LogP contribution in [0.25, 0.3) is 0 Å². The highest BCUT2D eigenvalue weighted by atomic mass is 15.3. The van der Waals surface area contributed by atoms with Crippen LogP contribution in [-0.2, 0) is 18.9 Å². The van der Waals surface area contributed by atoms with Crippen LogP contribution in [0.1, 0.15) is 45.8 Å². The van der Waals surface area contributed by atoms with Gasteiger partial charge in [0.1, 0.15) is 5.82 Å². The van der Waals surface area contributed by atoms with E-state index in [1.54, 1.807) is 0 Å². The molecule has 0 radical (unpaired) electrons. The summed E-state index contributed by atoms with van der Waals surface area (Å²) in [6.45, 7) is 9.28. The van der Waals surface area contributed by atoms with Crippen molar-refractivity contribution in [1.29, 1.82) is 0 Å². The standard InChI is InChI=1S/C12H24N4/c1-6-9(8-13)7-10-14-11(12(2,3)4)15-16(10)5/h9H,6-8,13H2,1-5H3. The topological polar surface area (TPSA) is 56.7 Å². The van der Waals surface area contributed by atoms with Gasteiger partial charge >= 0.3 is 0 Å². The molecule has 4 heteroatoms. The monoisotopic (exact) mass is 224 g/mol. The summed E-state index contributed by atoms with van der Waals surface area (Å²) in [6, 6.07) is 0. The second kappa shape index (κ2) is 4.95. The second-order valence-electron chi connectivity index (χ2n) is 5.44. The number of hydrogen-bond acceptors (Lipinski definition) is 3. The van der Waals surface area contributed by atoms with Gasteiger partial charge in [-0.2, -0.15) is 5.10 Å². The molecule has 1 rings (SSSR count). The van der Waals surface area contributed by atoms with Crippen molar-refractivity contribution in [3.05, 3.63) is 11.6 Å². The maximum absolute atomic E-state index is 5.72. The smallest absolute Gasteiger partial charge is 0.156 e. The fraction of sp³-hybridized carbons (Fsp3) is 0.833. The summed E-state index contributed by atoms with van der Waals surface area (Å²) in [4.78, 5) is 4.61. The normalized spacial score (nSPS) is 14.1. The van der Waals surface area contributed by atoms with Gasteiger partial charge in [0.25, 0.3) is 0 Å². The summed E-state index contributed by atoms with van der Waals surface area (Å²) in [6.07, 6.45) is 2.01. The predicted octanol–water partition coefficient (Wildman–Crippen LogP) is 1.64. The van der Waals surface area contributed by atoms with Gasteiger partial charge in [0.05, 0.1) is 0 Å². The molecule has 0 aliphatic rings. The van der Waals surface area contributed by atoms with Gasteiger partial charge in [0.2, 0.25) is 0 Å². The fourth-order valence-corrected chi connectivity index (χ4v) is 1.56. The molecular formula is C12H24N4. The summed E-state index contributed by atoms with van der Waals surface area (Å²) in [5.41, 5.74) is 5.73. The van der Waals surface area contributed by atoms with Crippen LogP contribution in [0.3, 0.4) is 0 Å². The molecule has 0 bridgehead atoms. The minimum absolute atomic E-state index is 0.0143. The lowest BCUT2D eigenvalue weighted by Gasteiger charge is -2.12. The summed E-state index contributed by atoms with van der Waals surface area (Å²) in [7, 11) is 1.96. The molecule has 92 valence electrons. The van der Waals surface area contributed by atoms with Gasteiger partial charge in [-0.05, 0) is 12.5 Å². The van der Waals surface area contributed by atoms with Crippen molar-refractivity contribution in [2.24, 2.45) is 18.7 Å². The Morgan fingerprint density at radius 2 is 2.00 bits per heavy atom. The first-order valence-corrected chi connectivity index (χ1v) is 5.99. The van der Waals surface area contributed by atoms with Crippen molar-refractivity contribution in [2.75, 3.05) is 6.54 Å². The lowest BCUT2D eigenvalue weighted by Crippen LogP contribution is -2.18. The van der Waals surface area contributed by atoms with Crippen LogP contribution in [0.5, 0.6) is 0 Å². The maximum Gasteiger partial charge on any atom is 0.156 e. The molecule has 4 nitrogen and oxygen atoms in total. The minimum atomic E-state index is 0.0143. The van der Waals surface area contributed by atoms with Gasteiger partial charge < -0.3 is 5.73 Å². The van der Waals surface area contributed by atoms with Gasteiger partial charge in [-0.25, -0.2) is 4.98 Å². The van der Waals surface area contributed by atoms with Crippen molar-refractivity contribution in [2.45, 2.75) is 46.0 Å². The van der Waals surface area contributed by atoms with Crippen LogP contribution >= 0.6 is 0 Å². The zero-order valence-electron chi connectivity index (χ0n) is 11.1. The average Bonchev–Trinajstić information content (AvgIpc) is 2.56. The van der Waals surface area contributed by atoms with E-state index in [0.717, 1.165) is 24.5 Å². The predicted molar refractivity (Wildman–Crippen MR) is 66.2 cm³/mol. The molecule has 0 aliphatic carbocycles. The van der Waals surface area contributed by atoms with Crippen LogP contribution in [0.2, 0.25) is 0 Å². The average molecular weight is 224 g/mol. The molecule has 0 aliphatic heterocycles. The Hall–Kier alpha value is -0.900. The molecule has 1 atom stereocenters. The molecule has 1 unspecified atom stereocenters. The maximum atomic E-state index is 5.72. The highest BCUT2D eigenvalue weighted by molar-refractivity contribution is 5.03. The van der Waals surface area contributed by atoms with E-state index < -0.39 is 0 Å². The van der Waals surface area contributed by atoms with Crippen LogP contribution in [0.4, 0.5) is 0 Å². The number of nitrogens with zero attached hydrogens (tertiary/aromatic N) is 3. The second-order valence-corrected chi connectivity index (χ2v) is 5.44. The van der Waals surface area contributed by atoms with Gasteiger partial charge in [0.15, 0.2) is 5.82 Å². The molecule has 0 saturated carbocycles. The molecule has 1 aromatic heterocycles. The largest absolute Gasteiger partial charge is 0.330 e. The van der Waals surface area contributed by atoms with Gasteiger partial charge in [0, 0.05) is 18.9 Å². The molecule has 0 aromatic carbocycles. The van der Waals surface area contributed by atoms with Crippen molar-refractivity contribution in [3.63, 3.8) is 0 Å². The Bertz CT molecular complexity index is 331. The first-order chi connectivity index (χ1) is 7.38. The summed E-state index contributed by atoms with van der Waals surface area (Å²) in [5.74, 6) is 2.47. The first-order valence-electron chi connectivity index (χ1n) is 5.99. The third kappa shape index (κ3) is 3.04. The minimum Gasteiger partial charge on any atom is -0.330 e. The van der Waals surface area contributed by atoms with Crippen molar-refractivity contribution in [3.8, 4) is 0 Å². The Balaban J connectivity index is 2.86. The van der Waals surface area contributed by atoms with Crippen LogP contribution in [0, 0.1) is 5.92 Å².